The predicted octanol–water partition coefficient (Wildman–Crippen LogP) is 2.08. The van der Waals surface area contributed by atoms with E-state index in [0.29, 0.717) is 6.54 Å². The summed E-state index contributed by atoms with van der Waals surface area (Å²) < 4.78 is 5.32. The molecule has 0 aliphatic heterocycles. The van der Waals surface area contributed by atoms with Crippen LogP contribution in [0.1, 0.15) is 31.9 Å². The molecule has 0 heterocycles. The van der Waals surface area contributed by atoms with Gasteiger partial charge in [0, 0.05) is 18.6 Å². The Morgan fingerprint density at radius 2 is 2.06 bits per heavy atom. The normalized spacial score (nSPS) is 11.6. The van der Waals surface area contributed by atoms with E-state index in [1.807, 2.05) is 6.07 Å². The van der Waals surface area contributed by atoms with Gasteiger partial charge < -0.3 is 15.8 Å². The van der Waals surface area contributed by atoms with Crippen molar-refractivity contribution in [2.24, 2.45) is 5.73 Å². The highest BCUT2D eigenvalue weighted by molar-refractivity contribution is 5.37. The van der Waals surface area contributed by atoms with E-state index in [0.717, 1.165) is 18.7 Å². The smallest absolute Gasteiger partial charge is 0.122 e. The molecule has 0 saturated carbocycles. The fraction of sp³-hybridized carbons (Fsp3) is 0.571. The van der Waals surface area contributed by atoms with E-state index in [1.54, 1.807) is 7.11 Å². The van der Waals surface area contributed by atoms with Gasteiger partial charge in [0.2, 0.25) is 0 Å². The van der Waals surface area contributed by atoms with Gasteiger partial charge in [-0.3, -0.25) is 0 Å². The monoisotopic (exact) mass is 236 g/mol. The van der Waals surface area contributed by atoms with Crippen LogP contribution in [0.15, 0.2) is 18.2 Å². The Labute approximate surface area is 104 Å². The van der Waals surface area contributed by atoms with E-state index in [2.05, 4.69) is 38.2 Å². The Morgan fingerprint density at radius 1 is 1.35 bits per heavy atom. The van der Waals surface area contributed by atoms with E-state index >= 15 is 0 Å². The molecule has 0 amide bonds. The molecule has 0 atom stereocenters. The average molecular weight is 236 g/mol. The van der Waals surface area contributed by atoms with Crippen LogP contribution >= 0.6 is 0 Å². The molecule has 0 spiro atoms. The minimum atomic E-state index is -0.0215. The molecule has 3 heteroatoms. The second kappa shape index (κ2) is 6.03. The molecule has 0 aliphatic rings. The van der Waals surface area contributed by atoms with Crippen molar-refractivity contribution < 1.29 is 4.74 Å². The number of hydrogen-bond acceptors (Lipinski definition) is 3. The lowest BCUT2D eigenvalue weighted by Crippen LogP contribution is -2.45. The van der Waals surface area contributed by atoms with Crippen molar-refractivity contribution in [1.82, 2.24) is 5.32 Å². The summed E-state index contributed by atoms with van der Waals surface area (Å²) in [6.07, 6.45) is 0.983. The van der Waals surface area contributed by atoms with Gasteiger partial charge in [0.25, 0.3) is 0 Å². The Morgan fingerprint density at radius 3 is 2.59 bits per heavy atom. The molecule has 0 bridgehead atoms. The van der Waals surface area contributed by atoms with Crippen LogP contribution in [0, 0.1) is 0 Å². The molecule has 0 saturated heterocycles. The minimum Gasteiger partial charge on any atom is -0.496 e. The molecule has 1 aromatic carbocycles. The standard InChI is InChI=1S/C14H24N2O/c1-5-12-8-11(6-7-13(12)17-4)9-16-14(2,3)10-15/h6-8,16H,5,9-10,15H2,1-4H3. The third-order valence-electron chi connectivity index (χ3n) is 3.01. The quantitative estimate of drug-likeness (QED) is 0.795. The molecule has 17 heavy (non-hydrogen) atoms. The first-order valence-corrected chi connectivity index (χ1v) is 6.13. The predicted molar refractivity (Wildman–Crippen MR) is 72.3 cm³/mol. The van der Waals surface area contributed by atoms with Crippen LogP contribution in [0.3, 0.4) is 0 Å². The van der Waals surface area contributed by atoms with Crippen molar-refractivity contribution in [2.45, 2.75) is 39.3 Å². The summed E-state index contributed by atoms with van der Waals surface area (Å²) >= 11 is 0. The SMILES string of the molecule is CCc1cc(CNC(C)(C)CN)ccc1OC. The lowest BCUT2D eigenvalue weighted by atomic mass is 10.0. The Bertz CT molecular complexity index is 361. The molecule has 96 valence electrons. The van der Waals surface area contributed by atoms with Crippen molar-refractivity contribution in [2.75, 3.05) is 13.7 Å². The minimum absolute atomic E-state index is 0.0215. The second-order valence-corrected chi connectivity index (χ2v) is 4.94. The zero-order valence-corrected chi connectivity index (χ0v) is 11.3. The molecule has 1 rings (SSSR count). The fourth-order valence-corrected chi connectivity index (χ4v) is 1.63. The molecule has 3 nitrogen and oxygen atoms in total. The largest absolute Gasteiger partial charge is 0.496 e. The van der Waals surface area contributed by atoms with Crippen LogP contribution in [-0.4, -0.2) is 19.2 Å². The Balaban J connectivity index is 2.73. The highest BCUT2D eigenvalue weighted by Crippen LogP contribution is 2.20. The summed E-state index contributed by atoms with van der Waals surface area (Å²) in [6.45, 7) is 7.82. The van der Waals surface area contributed by atoms with Crippen LogP contribution in [0.2, 0.25) is 0 Å². The van der Waals surface area contributed by atoms with E-state index in [9.17, 15) is 0 Å². The molecule has 0 unspecified atom stereocenters. The van der Waals surface area contributed by atoms with Gasteiger partial charge in [-0.25, -0.2) is 0 Å². The molecule has 1 aromatic rings. The van der Waals surface area contributed by atoms with Crippen molar-refractivity contribution in [3.05, 3.63) is 29.3 Å². The van der Waals surface area contributed by atoms with E-state index in [-0.39, 0.29) is 5.54 Å². The van der Waals surface area contributed by atoms with Gasteiger partial charge in [0.15, 0.2) is 0 Å². The van der Waals surface area contributed by atoms with Crippen LogP contribution < -0.4 is 15.8 Å². The average Bonchev–Trinajstić information content (AvgIpc) is 2.36. The van der Waals surface area contributed by atoms with Gasteiger partial charge in [-0.05, 0) is 37.5 Å². The summed E-state index contributed by atoms with van der Waals surface area (Å²) in [5.74, 6) is 0.967. The number of methoxy groups -OCH3 is 1. The van der Waals surface area contributed by atoms with Crippen molar-refractivity contribution >= 4 is 0 Å². The third kappa shape index (κ3) is 4.02. The highest BCUT2D eigenvalue weighted by atomic mass is 16.5. The highest BCUT2D eigenvalue weighted by Gasteiger charge is 2.14. The number of aryl methyl sites for hydroxylation is 1. The van der Waals surface area contributed by atoms with Gasteiger partial charge >= 0.3 is 0 Å². The molecule has 0 fully saturated rings. The molecule has 3 N–H and O–H groups in total. The van der Waals surface area contributed by atoms with Crippen LogP contribution in [0.5, 0.6) is 5.75 Å². The lowest BCUT2D eigenvalue weighted by molar-refractivity contribution is 0.395. The maximum atomic E-state index is 5.69. The summed E-state index contributed by atoms with van der Waals surface area (Å²) in [5.41, 5.74) is 8.18. The van der Waals surface area contributed by atoms with Crippen molar-refractivity contribution in [3.63, 3.8) is 0 Å². The van der Waals surface area contributed by atoms with Gasteiger partial charge in [-0.2, -0.15) is 0 Å². The van der Waals surface area contributed by atoms with Gasteiger partial charge in [0.05, 0.1) is 7.11 Å². The maximum Gasteiger partial charge on any atom is 0.122 e. The Hall–Kier alpha value is -1.06. The summed E-state index contributed by atoms with van der Waals surface area (Å²) in [6, 6.07) is 6.32. The number of nitrogens with one attached hydrogen (secondary N) is 1. The topological polar surface area (TPSA) is 47.3 Å². The maximum absolute atomic E-state index is 5.69. The van der Waals surface area contributed by atoms with Gasteiger partial charge in [-0.15, -0.1) is 0 Å². The zero-order chi connectivity index (χ0) is 12.9. The lowest BCUT2D eigenvalue weighted by Gasteiger charge is -2.24. The number of hydrogen-bond donors (Lipinski definition) is 2. The van der Waals surface area contributed by atoms with Crippen LogP contribution in [0.25, 0.3) is 0 Å². The van der Waals surface area contributed by atoms with E-state index in [1.165, 1.54) is 11.1 Å². The summed E-state index contributed by atoms with van der Waals surface area (Å²) in [7, 11) is 1.71. The number of rotatable bonds is 6. The first-order chi connectivity index (χ1) is 8.02. The molecule has 0 aliphatic carbocycles. The van der Waals surface area contributed by atoms with Crippen LogP contribution in [0.4, 0.5) is 0 Å². The first kappa shape index (κ1) is 14.0. The number of benzene rings is 1. The first-order valence-electron chi connectivity index (χ1n) is 6.13. The van der Waals surface area contributed by atoms with Crippen LogP contribution in [-0.2, 0) is 13.0 Å². The molecule has 0 aromatic heterocycles. The number of ether oxygens (including phenoxy) is 1. The zero-order valence-electron chi connectivity index (χ0n) is 11.3. The third-order valence-corrected chi connectivity index (χ3v) is 3.01. The summed E-state index contributed by atoms with van der Waals surface area (Å²) in [5, 5.41) is 3.45. The molecular weight excluding hydrogens is 212 g/mol. The molecular formula is C14H24N2O. The van der Waals surface area contributed by atoms with E-state index < -0.39 is 0 Å². The van der Waals surface area contributed by atoms with Gasteiger partial charge in [0.1, 0.15) is 5.75 Å². The van der Waals surface area contributed by atoms with Crippen molar-refractivity contribution in [1.29, 1.82) is 0 Å². The fourth-order valence-electron chi connectivity index (χ4n) is 1.63. The van der Waals surface area contributed by atoms with Gasteiger partial charge in [-0.1, -0.05) is 19.1 Å². The van der Waals surface area contributed by atoms with E-state index in [4.69, 9.17) is 10.5 Å². The molecule has 0 radical (unpaired) electrons. The summed E-state index contributed by atoms with van der Waals surface area (Å²) in [4.78, 5) is 0. The number of nitrogens with two attached hydrogens (primary N) is 1. The van der Waals surface area contributed by atoms with Crippen molar-refractivity contribution in [3.8, 4) is 5.75 Å². The second-order valence-electron chi connectivity index (χ2n) is 4.94. The Kier molecular flexibility index (Phi) is 4.97.